The quantitative estimate of drug-likeness (QED) is 0.704. The van der Waals surface area contributed by atoms with Crippen LogP contribution in [-0.4, -0.2) is 30.1 Å². The zero-order chi connectivity index (χ0) is 12.1. The van der Waals surface area contributed by atoms with Gasteiger partial charge in [0.2, 0.25) is 5.91 Å². The van der Waals surface area contributed by atoms with Crippen LogP contribution in [-0.2, 0) is 4.79 Å². The molecular weight excluding hydrogens is 207 g/mol. The van der Waals surface area contributed by atoms with Crippen LogP contribution in [0.25, 0.3) is 0 Å². The minimum atomic E-state index is -4.22. The van der Waals surface area contributed by atoms with E-state index in [1.54, 1.807) is 6.92 Å². The lowest BCUT2D eigenvalue weighted by atomic mass is 10.1. The summed E-state index contributed by atoms with van der Waals surface area (Å²) < 4.78 is 36.8. The van der Waals surface area contributed by atoms with Gasteiger partial charge in [-0.1, -0.05) is 20.8 Å². The third-order valence-corrected chi connectivity index (χ3v) is 2.20. The second-order valence-corrected chi connectivity index (χ2v) is 3.64. The summed E-state index contributed by atoms with van der Waals surface area (Å²) in [7, 11) is 0. The van der Waals surface area contributed by atoms with Crippen LogP contribution < -0.4 is 0 Å². The predicted octanol–water partition coefficient (Wildman–Crippen LogP) is 2.83. The van der Waals surface area contributed by atoms with Crippen molar-refractivity contribution < 1.29 is 18.0 Å². The van der Waals surface area contributed by atoms with Crippen LogP contribution in [0.3, 0.4) is 0 Å². The number of hydrogen-bond acceptors (Lipinski definition) is 1. The first-order valence-electron chi connectivity index (χ1n) is 5.17. The van der Waals surface area contributed by atoms with Crippen molar-refractivity contribution in [3.05, 3.63) is 0 Å². The zero-order valence-corrected chi connectivity index (χ0v) is 9.40. The number of carbonyl (C=O) groups is 1. The lowest BCUT2D eigenvalue weighted by Gasteiger charge is -2.26. The summed E-state index contributed by atoms with van der Waals surface area (Å²) in [5, 5.41) is 0. The van der Waals surface area contributed by atoms with Crippen LogP contribution in [0.15, 0.2) is 0 Å². The van der Waals surface area contributed by atoms with Crippen LogP contribution in [0.1, 0.15) is 33.6 Å². The summed E-state index contributed by atoms with van der Waals surface area (Å²) in [5.74, 6) is -1.67. The number of hydrogen-bond donors (Lipinski definition) is 0. The lowest BCUT2D eigenvalue weighted by Crippen LogP contribution is -2.39. The van der Waals surface area contributed by atoms with Gasteiger partial charge in [-0.25, -0.2) is 0 Å². The van der Waals surface area contributed by atoms with E-state index in [1.165, 1.54) is 4.90 Å². The van der Waals surface area contributed by atoms with Crippen LogP contribution in [0.4, 0.5) is 13.2 Å². The van der Waals surface area contributed by atoms with Crippen LogP contribution in [0, 0.1) is 5.92 Å². The number of nitrogens with zero attached hydrogens (tertiary/aromatic N) is 1. The van der Waals surface area contributed by atoms with Gasteiger partial charge in [0.25, 0.3) is 0 Å². The smallest absolute Gasteiger partial charge is 0.342 e. The molecule has 0 N–H and O–H groups in total. The number of alkyl halides is 3. The van der Waals surface area contributed by atoms with Crippen molar-refractivity contribution in [1.82, 2.24) is 4.90 Å². The number of carbonyl (C=O) groups excluding carboxylic acids is 1. The first kappa shape index (κ1) is 14.3. The van der Waals surface area contributed by atoms with E-state index in [9.17, 15) is 18.0 Å². The molecule has 0 saturated carbocycles. The Bertz CT molecular complexity index is 203. The van der Waals surface area contributed by atoms with Crippen LogP contribution >= 0.6 is 0 Å². The molecule has 0 bridgehead atoms. The Morgan fingerprint density at radius 1 is 1.33 bits per heavy atom. The van der Waals surface area contributed by atoms with Crippen LogP contribution in [0.2, 0.25) is 0 Å². The van der Waals surface area contributed by atoms with Gasteiger partial charge in [-0.15, -0.1) is 0 Å². The number of halogens is 3. The van der Waals surface area contributed by atoms with Gasteiger partial charge in [-0.05, 0) is 6.42 Å². The molecule has 0 aliphatic rings. The van der Waals surface area contributed by atoms with Crippen molar-refractivity contribution in [3.63, 3.8) is 0 Å². The molecule has 1 unspecified atom stereocenters. The Morgan fingerprint density at radius 3 is 2.20 bits per heavy atom. The molecule has 1 amide bonds. The first-order chi connectivity index (χ1) is 6.82. The van der Waals surface area contributed by atoms with E-state index in [0.717, 1.165) is 6.92 Å². The second kappa shape index (κ2) is 5.98. The summed E-state index contributed by atoms with van der Waals surface area (Å²) in [6.07, 6.45) is -3.29. The van der Waals surface area contributed by atoms with E-state index < -0.39 is 12.1 Å². The molecule has 0 aliphatic heterocycles. The Labute approximate surface area is 88.4 Å². The topological polar surface area (TPSA) is 20.3 Å². The van der Waals surface area contributed by atoms with E-state index in [2.05, 4.69) is 0 Å². The fourth-order valence-corrected chi connectivity index (χ4v) is 1.25. The Kier molecular flexibility index (Phi) is 5.68. The van der Waals surface area contributed by atoms with Crippen molar-refractivity contribution >= 4 is 5.91 Å². The molecule has 5 heteroatoms. The van der Waals surface area contributed by atoms with Gasteiger partial charge in [0.05, 0.1) is 5.92 Å². The molecule has 0 aromatic heterocycles. The van der Waals surface area contributed by atoms with E-state index in [4.69, 9.17) is 0 Å². The summed E-state index contributed by atoms with van der Waals surface area (Å²) in [6.45, 7) is 4.76. The molecule has 15 heavy (non-hydrogen) atoms. The largest absolute Gasteiger partial charge is 0.393 e. The SMILES string of the molecule is CCCN(CC(C)C(F)(F)F)C(=O)CC. The van der Waals surface area contributed by atoms with Gasteiger partial charge >= 0.3 is 6.18 Å². The number of rotatable bonds is 5. The van der Waals surface area contributed by atoms with E-state index in [1.807, 2.05) is 6.92 Å². The fourth-order valence-electron chi connectivity index (χ4n) is 1.25. The molecule has 0 aliphatic carbocycles. The lowest BCUT2D eigenvalue weighted by molar-refractivity contribution is -0.175. The molecule has 0 spiro atoms. The molecule has 0 fully saturated rings. The second-order valence-electron chi connectivity index (χ2n) is 3.64. The summed E-state index contributed by atoms with van der Waals surface area (Å²) in [6, 6.07) is 0. The molecular formula is C10H18F3NO. The van der Waals surface area contributed by atoms with Crippen molar-refractivity contribution in [1.29, 1.82) is 0 Å². The van der Waals surface area contributed by atoms with Gasteiger partial charge in [-0.3, -0.25) is 4.79 Å². The maximum Gasteiger partial charge on any atom is 0.393 e. The van der Waals surface area contributed by atoms with Crippen molar-refractivity contribution in [3.8, 4) is 0 Å². The Morgan fingerprint density at radius 2 is 1.87 bits per heavy atom. The molecule has 0 heterocycles. The van der Waals surface area contributed by atoms with E-state index >= 15 is 0 Å². The van der Waals surface area contributed by atoms with Gasteiger partial charge < -0.3 is 4.90 Å². The van der Waals surface area contributed by atoms with Gasteiger partial charge in [-0.2, -0.15) is 13.2 Å². The molecule has 0 radical (unpaired) electrons. The summed E-state index contributed by atoms with van der Waals surface area (Å²) in [5.41, 5.74) is 0. The average Bonchev–Trinajstić information content (AvgIpc) is 2.14. The summed E-state index contributed by atoms with van der Waals surface area (Å²) in [4.78, 5) is 12.6. The maximum absolute atomic E-state index is 12.3. The summed E-state index contributed by atoms with van der Waals surface area (Å²) >= 11 is 0. The van der Waals surface area contributed by atoms with Gasteiger partial charge in [0.1, 0.15) is 0 Å². The maximum atomic E-state index is 12.3. The third-order valence-electron chi connectivity index (χ3n) is 2.20. The molecule has 0 aromatic rings. The highest BCUT2D eigenvalue weighted by atomic mass is 19.4. The molecule has 90 valence electrons. The Balaban J connectivity index is 4.34. The molecule has 2 nitrogen and oxygen atoms in total. The monoisotopic (exact) mass is 225 g/mol. The molecule has 1 atom stereocenters. The van der Waals surface area contributed by atoms with Crippen molar-refractivity contribution in [2.75, 3.05) is 13.1 Å². The first-order valence-corrected chi connectivity index (χ1v) is 5.17. The fraction of sp³-hybridized carbons (Fsp3) is 0.900. The minimum absolute atomic E-state index is 0.215. The van der Waals surface area contributed by atoms with E-state index in [0.29, 0.717) is 13.0 Å². The zero-order valence-electron chi connectivity index (χ0n) is 9.40. The molecule has 0 saturated heterocycles. The standard InChI is InChI=1S/C10H18F3NO/c1-4-6-14(9(15)5-2)7-8(3)10(11,12)13/h8H,4-7H2,1-3H3. The normalized spacial score (nSPS) is 13.7. The molecule has 0 aromatic carbocycles. The van der Waals surface area contributed by atoms with Gasteiger partial charge in [0, 0.05) is 19.5 Å². The molecule has 0 rings (SSSR count). The Hall–Kier alpha value is -0.740. The third kappa shape index (κ3) is 5.04. The highest BCUT2D eigenvalue weighted by molar-refractivity contribution is 5.75. The highest BCUT2D eigenvalue weighted by Crippen LogP contribution is 2.26. The van der Waals surface area contributed by atoms with Crippen molar-refractivity contribution in [2.24, 2.45) is 5.92 Å². The van der Waals surface area contributed by atoms with Gasteiger partial charge in [0.15, 0.2) is 0 Å². The highest BCUT2D eigenvalue weighted by Gasteiger charge is 2.37. The van der Waals surface area contributed by atoms with E-state index in [-0.39, 0.29) is 18.9 Å². The van der Waals surface area contributed by atoms with Crippen molar-refractivity contribution in [2.45, 2.75) is 39.8 Å². The average molecular weight is 225 g/mol. The predicted molar refractivity (Wildman–Crippen MR) is 52.4 cm³/mol. The van der Waals surface area contributed by atoms with Crippen LogP contribution in [0.5, 0.6) is 0 Å². The number of amides is 1. The minimum Gasteiger partial charge on any atom is -0.342 e.